The molecule has 0 bridgehead atoms. The lowest BCUT2D eigenvalue weighted by atomic mass is 10.2. The summed E-state index contributed by atoms with van der Waals surface area (Å²) in [5.41, 5.74) is 7.03. The molecule has 0 aliphatic heterocycles. The van der Waals surface area contributed by atoms with E-state index in [-0.39, 0.29) is 16.5 Å². The van der Waals surface area contributed by atoms with Gasteiger partial charge in [0.15, 0.2) is 5.17 Å². The minimum atomic E-state index is -3.03. The van der Waals surface area contributed by atoms with E-state index in [9.17, 15) is 13.2 Å². The van der Waals surface area contributed by atoms with Crippen LogP contribution < -0.4 is 10.5 Å². The van der Waals surface area contributed by atoms with Crippen LogP contribution in [0.3, 0.4) is 0 Å². The summed E-state index contributed by atoms with van der Waals surface area (Å²) in [6, 6.07) is 12.9. The van der Waals surface area contributed by atoms with Crippen molar-refractivity contribution < 1.29 is 17.9 Å². The highest BCUT2D eigenvalue weighted by atomic mass is 32.2. The average Bonchev–Trinajstić information content (AvgIpc) is 2.53. The lowest BCUT2D eigenvalue weighted by Crippen LogP contribution is -2.06. The molecule has 2 N–H and O–H groups in total. The molecule has 0 aliphatic carbocycles. The van der Waals surface area contributed by atoms with Crippen molar-refractivity contribution in [2.75, 3.05) is 0 Å². The second-order valence-corrected chi connectivity index (χ2v) is 5.55. The lowest BCUT2D eigenvalue weighted by Gasteiger charge is -2.04. The second-order valence-electron chi connectivity index (χ2n) is 4.56. The minimum Gasteiger partial charge on any atom is -0.435 e. The third kappa shape index (κ3) is 6.33. The summed E-state index contributed by atoms with van der Waals surface area (Å²) in [5.74, 6) is -0.371. The van der Waals surface area contributed by atoms with Gasteiger partial charge >= 0.3 is 6.61 Å². The van der Waals surface area contributed by atoms with Crippen LogP contribution in [0.15, 0.2) is 58.7 Å². The van der Waals surface area contributed by atoms with Gasteiger partial charge in [-0.25, -0.2) is 4.39 Å². The number of ether oxygens (including phenoxy) is 1. The van der Waals surface area contributed by atoms with Crippen molar-refractivity contribution in [3.63, 3.8) is 0 Å². The summed E-state index contributed by atoms with van der Waals surface area (Å²) in [5, 5.41) is 7.72. The Morgan fingerprint density at radius 2 is 1.96 bits per heavy atom. The number of nitrogens with two attached hydrogens (primary N) is 1. The van der Waals surface area contributed by atoms with E-state index < -0.39 is 12.4 Å². The molecule has 0 spiro atoms. The highest BCUT2D eigenvalue weighted by Gasteiger charge is 2.06. The number of amidine groups is 1. The zero-order valence-corrected chi connectivity index (χ0v) is 13.2. The Kier molecular flexibility index (Phi) is 6.68. The molecule has 0 unspecified atom stereocenters. The number of rotatable bonds is 6. The number of alkyl halides is 2. The lowest BCUT2D eigenvalue weighted by molar-refractivity contribution is -0.0499. The van der Waals surface area contributed by atoms with Crippen molar-refractivity contribution in [3.8, 4) is 5.75 Å². The first-order valence-corrected chi connectivity index (χ1v) is 7.80. The third-order valence-corrected chi connectivity index (χ3v) is 3.57. The van der Waals surface area contributed by atoms with Crippen LogP contribution in [-0.4, -0.2) is 18.0 Å². The van der Waals surface area contributed by atoms with Crippen molar-refractivity contribution in [1.82, 2.24) is 0 Å². The normalized spacial score (nSPS) is 12.1. The minimum absolute atomic E-state index is 0.232. The van der Waals surface area contributed by atoms with Gasteiger partial charge < -0.3 is 10.5 Å². The van der Waals surface area contributed by atoms with Crippen LogP contribution in [0.1, 0.15) is 11.1 Å². The van der Waals surface area contributed by atoms with Gasteiger partial charge in [-0.3, -0.25) is 0 Å². The molecule has 0 saturated carbocycles. The fourth-order valence-corrected chi connectivity index (χ4v) is 2.35. The molecule has 0 amide bonds. The van der Waals surface area contributed by atoms with E-state index in [4.69, 9.17) is 5.73 Å². The van der Waals surface area contributed by atoms with Gasteiger partial charge in [0.1, 0.15) is 11.6 Å². The number of thioether (sulfide) groups is 1. The summed E-state index contributed by atoms with van der Waals surface area (Å²) in [6.07, 6.45) is 1.21. The zero-order valence-electron chi connectivity index (χ0n) is 12.4. The second kappa shape index (κ2) is 8.97. The molecule has 0 aliphatic rings. The van der Waals surface area contributed by atoms with Crippen LogP contribution in [0, 0.1) is 5.82 Å². The molecule has 0 aromatic heterocycles. The Morgan fingerprint density at radius 1 is 1.21 bits per heavy atom. The van der Waals surface area contributed by atoms with Gasteiger partial charge in [-0.15, -0.1) is 5.10 Å². The fourth-order valence-electron chi connectivity index (χ4n) is 1.74. The molecule has 2 aromatic carbocycles. The molecule has 0 atom stereocenters. The molecule has 2 rings (SSSR count). The predicted octanol–water partition coefficient (Wildman–Crippen LogP) is 4.01. The van der Waals surface area contributed by atoms with Crippen molar-refractivity contribution in [2.24, 2.45) is 15.9 Å². The van der Waals surface area contributed by atoms with Gasteiger partial charge in [-0.1, -0.05) is 42.1 Å². The van der Waals surface area contributed by atoms with E-state index in [0.717, 1.165) is 17.7 Å². The monoisotopic (exact) mass is 353 g/mol. The first-order valence-electron chi connectivity index (χ1n) is 6.81. The number of hydrogen-bond donors (Lipinski definition) is 1. The molecule has 0 saturated heterocycles. The molecular weight excluding hydrogens is 339 g/mol. The van der Waals surface area contributed by atoms with Crippen LogP contribution >= 0.6 is 11.8 Å². The van der Waals surface area contributed by atoms with Crippen molar-refractivity contribution in [2.45, 2.75) is 12.4 Å². The summed E-state index contributed by atoms with van der Waals surface area (Å²) in [6.45, 7) is -3.03. The molecule has 2 aromatic rings. The van der Waals surface area contributed by atoms with Crippen LogP contribution in [0.25, 0.3) is 0 Å². The average molecular weight is 353 g/mol. The molecule has 4 nitrogen and oxygen atoms in total. The SMILES string of the molecule is NC(=NN=Cc1cc(F)cc(OC(F)F)c1)SCc1ccccc1. The Morgan fingerprint density at radius 3 is 2.67 bits per heavy atom. The topological polar surface area (TPSA) is 60.0 Å². The zero-order chi connectivity index (χ0) is 17.4. The van der Waals surface area contributed by atoms with Gasteiger partial charge in [0.2, 0.25) is 0 Å². The number of nitrogens with zero attached hydrogens (tertiary/aromatic N) is 2. The largest absolute Gasteiger partial charge is 0.435 e. The maximum atomic E-state index is 13.3. The third-order valence-electron chi connectivity index (χ3n) is 2.71. The predicted molar refractivity (Wildman–Crippen MR) is 90.0 cm³/mol. The molecule has 0 fully saturated rings. The smallest absolute Gasteiger partial charge is 0.387 e. The summed E-state index contributed by atoms with van der Waals surface area (Å²) >= 11 is 1.30. The molecule has 126 valence electrons. The van der Waals surface area contributed by atoms with E-state index in [2.05, 4.69) is 14.9 Å². The molecule has 0 heterocycles. The van der Waals surface area contributed by atoms with Crippen molar-refractivity contribution >= 4 is 23.1 Å². The van der Waals surface area contributed by atoms with Crippen LogP contribution in [0.5, 0.6) is 5.75 Å². The van der Waals surface area contributed by atoms with Crippen molar-refractivity contribution in [3.05, 3.63) is 65.5 Å². The van der Waals surface area contributed by atoms with Crippen molar-refractivity contribution in [1.29, 1.82) is 0 Å². The first kappa shape index (κ1) is 17.9. The van der Waals surface area contributed by atoms with E-state index in [1.165, 1.54) is 24.0 Å². The maximum Gasteiger partial charge on any atom is 0.387 e. The Hall–Kier alpha value is -2.48. The summed E-state index contributed by atoms with van der Waals surface area (Å²) in [4.78, 5) is 0. The number of benzene rings is 2. The Bertz CT molecular complexity index is 724. The van der Waals surface area contributed by atoms with Gasteiger partial charge in [0, 0.05) is 17.4 Å². The fraction of sp³-hybridized carbons (Fsp3) is 0.125. The Balaban J connectivity index is 1.95. The van der Waals surface area contributed by atoms with Gasteiger partial charge in [-0.05, 0) is 17.7 Å². The van der Waals surface area contributed by atoms with E-state index in [0.29, 0.717) is 5.75 Å². The van der Waals surface area contributed by atoms with Crippen LogP contribution in [0.4, 0.5) is 13.2 Å². The van der Waals surface area contributed by atoms with E-state index >= 15 is 0 Å². The highest BCUT2D eigenvalue weighted by Crippen LogP contribution is 2.18. The summed E-state index contributed by atoms with van der Waals surface area (Å²) < 4.78 is 41.8. The van der Waals surface area contributed by atoms with Gasteiger partial charge in [0.25, 0.3) is 0 Å². The maximum absolute atomic E-state index is 13.3. The first-order chi connectivity index (χ1) is 11.5. The van der Waals surface area contributed by atoms with Gasteiger partial charge in [0.05, 0.1) is 6.21 Å². The number of hydrogen-bond acceptors (Lipinski definition) is 4. The molecule has 24 heavy (non-hydrogen) atoms. The van der Waals surface area contributed by atoms with Gasteiger partial charge in [-0.2, -0.15) is 13.9 Å². The molecule has 0 radical (unpaired) electrons. The molecule has 8 heteroatoms. The number of halogens is 3. The summed E-state index contributed by atoms with van der Waals surface area (Å²) in [7, 11) is 0. The quantitative estimate of drug-likeness (QED) is 0.485. The van der Waals surface area contributed by atoms with Crippen LogP contribution in [0.2, 0.25) is 0 Å². The van der Waals surface area contributed by atoms with E-state index in [1.807, 2.05) is 30.3 Å². The van der Waals surface area contributed by atoms with E-state index in [1.54, 1.807) is 0 Å². The Labute approximate surface area is 141 Å². The molecular formula is C16H14F3N3OS. The standard InChI is InChI=1S/C16H14F3N3OS/c17-13-6-12(7-14(8-13)23-15(18)19)9-21-22-16(20)24-10-11-4-2-1-3-5-11/h1-9,15H,10H2,(H2,20,22). The highest BCUT2D eigenvalue weighted by molar-refractivity contribution is 8.13. The van der Waals surface area contributed by atoms with Crippen LogP contribution in [-0.2, 0) is 5.75 Å².